The van der Waals surface area contributed by atoms with Gasteiger partial charge >= 0.3 is 0 Å². The van der Waals surface area contributed by atoms with Gasteiger partial charge in [0.1, 0.15) is 0 Å². The predicted octanol–water partition coefficient (Wildman–Crippen LogP) is 5.39. The number of halogens is 2. The molecule has 0 unspecified atom stereocenters. The Bertz CT molecular complexity index is 692. The van der Waals surface area contributed by atoms with E-state index in [1.165, 1.54) is 4.88 Å². The summed E-state index contributed by atoms with van der Waals surface area (Å²) in [5.41, 5.74) is 0.985. The van der Waals surface area contributed by atoms with Crippen LogP contribution >= 0.6 is 50.2 Å². The normalized spacial score (nSPS) is 11.0. The van der Waals surface area contributed by atoms with Crippen molar-refractivity contribution in [3.63, 3.8) is 0 Å². The van der Waals surface area contributed by atoms with Crippen LogP contribution < -0.4 is 5.32 Å². The quantitative estimate of drug-likeness (QED) is 0.678. The molecule has 6 heteroatoms. The molecule has 0 atom stereocenters. The lowest BCUT2D eigenvalue weighted by atomic mass is 10.3. The number of benzene rings is 1. The Morgan fingerprint density at radius 1 is 1.22 bits per heavy atom. The van der Waals surface area contributed by atoms with Crippen molar-refractivity contribution in [3.05, 3.63) is 44.0 Å². The molecule has 0 aliphatic heterocycles. The van der Waals surface area contributed by atoms with Gasteiger partial charge in [0.05, 0.1) is 20.5 Å². The van der Waals surface area contributed by atoms with Crippen molar-refractivity contribution >= 4 is 65.6 Å². The predicted molar refractivity (Wildman–Crippen MR) is 84.0 cm³/mol. The van der Waals surface area contributed by atoms with Crippen LogP contribution in [0.15, 0.2) is 34.1 Å². The summed E-state index contributed by atoms with van der Waals surface area (Å²) in [6.07, 6.45) is 0. The van der Waals surface area contributed by atoms with Gasteiger partial charge in [-0.2, -0.15) is 0 Å². The van der Waals surface area contributed by atoms with Gasteiger partial charge in [0.25, 0.3) is 0 Å². The number of anilines is 1. The van der Waals surface area contributed by atoms with Crippen LogP contribution in [0.4, 0.5) is 5.13 Å². The Kier molecular flexibility index (Phi) is 3.56. The van der Waals surface area contributed by atoms with Crippen LogP contribution in [0.25, 0.3) is 10.2 Å². The molecule has 92 valence electrons. The van der Waals surface area contributed by atoms with Crippen LogP contribution in [-0.2, 0) is 6.54 Å². The molecule has 0 amide bonds. The molecule has 0 saturated heterocycles. The molecule has 3 aromatic rings. The fraction of sp³-hybridized carbons (Fsp3) is 0.0833. The summed E-state index contributed by atoms with van der Waals surface area (Å²) in [6, 6.07) is 9.91. The Balaban J connectivity index is 1.78. The Labute approximate surface area is 126 Å². The molecular formula is C12H8BrClN2S2. The van der Waals surface area contributed by atoms with E-state index in [1.807, 2.05) is 18.2 Å². The number of thiazole rings is 1. The zero-order valence-electron chi connectivity index (χ0n) is 9.11. The van der Waals surface area contributed by atoms with Gasteiger partial charge in [0, 0.05) is 9.90 Å². The maximum Gasteiger partial charge on any atom is 0.184 e. The zero-order chi connectivity index (χ0) is 12.5. The van der Waals surface area contributed by atoms with Crippen molar-refractivity contribution in [1.29, 1.82) is 0 Å². The number of hydrogen-bond donors (Lipinski definition) is 1. The molecule has 3 rings (SSSR count). The van der Waals surface area contributed by atoms with Crippen molar-refractivity contribution < 1.29 is 0 Å². The van der Waals surface area contributed by atoms with Gasteiger partial charge in [0.15, 0.2) is 5.13 Å². The zero-order valence-corrected chi connectivity index (χ0v) is 13.1. The summed E-state index contributed by atoms with van der Waals surface area (Å²) in [4.78, 5) is 5.79. The van der Waals surface area contributed by atoms with Crippen LogP contribution in [0.5, 0.6) is 0 Å². The van der Waals surface area contributed by atoms with Crippen molar-refractivity contribution in [2.75, 3.05) is 5.32 Å². The molecule has 0 aliphatic carbocycles. The average Bonchev–Trinajstić information content (AvgIpc) is 2.92. The van der Waals surface area contributed by atoms with E-state index in [9.17, 15) is 0 Å². The monoisotopic (exact) mass is 358 g/mol. The summed E-state index contributed by atoms with van der Waals surface area (Å²) in [5, 5.41) is 5.01. The number of nitrogens with one attached hydrogen (secondary N) is 1. The molecule has 0 spiro atoms. The van der Waals surface area contributed by atoms with Gasteiger partial charge in [0.2, 0.25) is 0 Å². The van der Waals surface area contributed by atoms with Gasteiger partial charge < -0.3 is 5.32 Å². The summed E-state index contributed by atoms with van der Waals surface area (Å²) >= 11 is 12.8. The van der Waals surface area contributed by atoms with E-state index in [4.69, 9.17) is 11.6 Å². The fourth-order valence-corrected chi connectivity index (χ4v) is 4.14. The Hall–Kier alpha value is -0.620. The minimum Gasteiger partial charge on any atom is -0.357 e. The van der Waals surface area contributed by atoms with Crippen molar-refractivity contribution in [1.82, 2.24) is 4.98 Å². The highest BCUT2D eigenvalue weighted by Gasteiger charge is 2.04. The van der Waals surface area contributed by atoms with Gasteiger partial charge in [-0.25, -0.2) is 4.98 Å². The average molecular weight is 360 g/mol. The van der Waals surface area contributed by atoms with E-state index < -0.39 is 0 Å². The van der Waals surface area contributed by atoms with E-state index in [0.29, 0.717) is 0 Å². The van der Waals surface area contributed by atoms with Crippen molar-refractivity contribution in [2.45, 2.75) is 6.54 Å². The summed E-state index contributed by atoms with van der Waals surface area (Å²) < 4.78 is 2.26. The largest absolute Gasteiger partial charge is 0.357 e. The second kappa shape index (κ2) is 5.17. The molecule has 0 fully saturated rings. The fourth-order valence-electron chi connectivity index (χ4n) is 1.58. The third-order valence-corrected chi connectivity index (χ3v) is 5.23. The van der Waals surface area contributed by atoms with Crippen LogP contribution in [-0.4, -0.2) is 4.98 Å². The van der Waals surface area contributed by atoms with Crippen molar-refractivity contribution in [2.24, 2.45) is 0 Å². The number of fused-ring (bicyclic) bond motifs is 1. The first-order valence-electron chi connectivity index (χ1n) is 5.25. The topological polar surface area (TPSA) is 24.9 Å². The first kappa shape index (κ1) is 12.4. The standard InChI is InChI=1S/C12H8BrClN2S2/c13-11-4-2-8(17-11)6-15-12-16-9-3-1-7(14)5-10(9)18-12/h1-5H,6H2,(H,15,16). The number of thiophene rings is 1. The third kappa shape index (κ3) is 2.69. The second-order valence-electron chi connectivity index (χ2n) is 3.69. The van der Waals surface area contributed by atoms with E-state index >= 15 is 0 Å². The molecule has 0 aliphatic rings. The molecule has 18 heavy (non-hydrogen) atoms. The van der Waals surface area contributed by atoms with Gasteiger partial charge in [-0.3, -0.25) is 0 Å². The summed E-state index contributed by atoms with van der Waals surface area (Å²) in [5.74, 6) is 0. The lowest BCUT2D eigenvalue weighted by Gasteiger charge is -1.98. The van der Waals surface area contributed by atoms with E-state index in [-0.39, 0.29) is 0 Å². The second-order valence-corrected chi connectivity index (χ2v) is 7.71. The third-order valence-electron chi connectivity index (χ3n) is 2.39. The highest BCUT2D eigenvalue weighted by Crippen LogP contribution is 2.29. The van der Waals surface area contributed by atoms with E-state index in [1.54, 1.807) is 22.7 Å². The van der Waals surface area contributed by atoms with Gasteiger partial charge in [-0.15, -0.1) is 11.3 Å². The van der Waals surface area contributed by atoms with Crippen LogP contribution in [0.2, 0.25) is 5.02 Å². The first-order valence-corrected chi connectivity index (χ1v) is 8.05. The van der Waals surface area contributed by atoms with Crippen LogP contribution in [0.3, 0.4) is 0 Å². The van der Waals surface area contributed by atoms with Gasteiger partial charge in [-0.05, 0) is 46.3 Å². The number of hydrogen-bond acceptors (Lipinski definition) is 4. The lowest BCUT2D eigenvalue weighted by molar-refractivity contribution is 1.18. The maximum atomic E-state index is 5.96. The molecule has 2 heterocycles. The Morgan fingerprint density at radius 2 is 2.11 bits per heavy atom. The number of nitrogens with zero attached hydrogens (tertiary/aromatic N) is 1. The maximum absolute atomic E-state index is 5.96. The Morgan fingerprint density at radius 3 is 2.89 bits per heavy atom. The molecule has 1 N–H and O–H groups in total. The molecule has 0 bridgehead atoms. The molecule has 0 saturated carbocycles. The summed E-state index contributed by atoms with van der Waals surface area (Å²) in [7, 11) is 0. The molecule has 1 aromatic carbocycles. The molecular weight excluding hydrogens is 352 g/mol. The highest BCUT2D eigenvalue weighted by atomic mass is 79.9. The minimum atomic E-state index is 0.750. The lowest BCUT2D eigenvalue weighted by Crippen LogP contribution is -1.95. The molecule has 2 aromatic heterocycles. The highest BCUT2D eigenvalue weighted by molar-refractivity contribution is 9.11. The SMILES string of the molecule is Clc1ccc2nc(NCc3ccc(Br)s3)sc2c1. The number of aromatic nitrogens is 1. The van der Waals surface area contributed by atoms with E-state index in [2.05, 4.69) is 38.4 Å². The molecule has 0 radical (unpaired) electrons. The first-order chi connectivity index (χ1) is 8.70. The number of rotatable bonds is 3. The van der Waals surface area contributed by atoms with Gasteiger partial charge in [-0.1, -0.05) is 22.9 Å². The van der Waals surface area contributed by atoms with Crippen LogP contribution in [0, 0.1) is 0 Å². The smallest absolute Gasteiger partial charge is 0.184 e. The summed E-state index contributed by atoms with van der Waals surface area (Å²) in [6.45, 7) is 0.795. The van der Waals surface area contributed by atoms with E-state index in [0.717, 1.165) is 30.7 Å². The minimum absolute atomic E-state index is 0.750. The van der Waals surface area contributed by atoms with Crippen molar-refractivity contribution in [3.8, 4) is 0 Å². The molecule has 2 nitrogen and oxygen atoms in total. The van der Waals surface area contributed by atoms with Crippen LogP contribution in [0.1, 0.15) is 4.88 Å².